The van der Waals surface area contributed by atoms with Crippen molar-refractivity contribution in [2.45, 2.75) is 0 Å². The number of anilines is 1. The predicted molar refractivity (Wildman–Crippen MR) is 71.4 cm³/mol. The van der Waals surface area contributed by atoms with Crippen molar-refractivity contribution in [3.63, 3.8) is 0 Å². The number of nitrogens with one attached hydrogen (secondary N) is 2. The van der Waals surface area contributed by atoms with E-state index in [4.69, 9.17) is 16.3 Å². The van der Waals surface area contributed by atoms with Gasteiger partial charge in [-0.1, -0.05) is 0 Å². The smallest absolute Gasteiger partial charge is 0.290 e. The van der Waals surface area contributed by atoms with E-state index in [2.05, 4.69) is 21.0 Å². The second kappa shape index (κ2) is 7.01. The van der Waals surface area contributed by atoms with Crippen molar-refractivity contribution >= 4 is 29.2 Å². The maximum absolute atomic E-state index is 11.6. The second-order valence-corrected chi connectivity index (χ2v) is 4.28. The Bertz CT molecular complexity index is 475. The first-order chi connectivity index (χ1) is 9.70. The molecular formula is C11H14ClN5O3. The topological polar surface area (TPSA) is 96.5 Å². The molecule has 9 heteroatoms. The minimum absolute atomic E-state index is 0.108. The molecule has 0 radical (unpaired) electrons. The fourth-order valence-electron chi connectivity index (χ4n) is 1.63. The van der Waals surface area contributed by atoms with Gasteiger partial charge in [0.25, 0.3) is 11.8 Å². The van der Waals surface area contributed by atoms with Crippen molar-refractivity contribution in [3.8, 4) is 0 Å². The minimum atomic E-state index is -0.551. The average molecular weight is 300 g/mol. The van der Waals surface area contributed by atoms with Crippen LogP contribution in [0.3, 0.4) is 0 Å². The van der Waals surface area contributed by atoms with E-state index in [1.165, 1.54) is 0 Å². The number of hydrogen-bond donors (Lipinski definition) is 2. The molecule has 0 spiro atoms. The third kappa shape index (κ3) is 3.78. The Labute approximate surface area is 120 Å². The lowest BCUT2D eigenvalue weighted by atomic mass is 10.3. The van der Waals surface area contributed by atoms with Gasteiger partial charge in [0.05, 0.1) is 13.2 Å². The zero-order valence-corrected chi connectivity index (χ0v) is 11.4. The standard InChI is InChI=1S/C11H14ClN5O3/c12-7-10(18)15-16-11(19)8-1-2-9(14-13-8)17-3-5-20-6-4-17/h1-2H,3-7H2,(H,15,18)(H,16,19). The largest absolute Gasteiger partial charge is 0.378 e. The predicted octanol–water partition coefficient (Wildman–Crippen LogP) is -0.687. The Morgan fingerprint density at radius 2 is 2.00 bits per heavy atom. The highest BCUT2D eigenvalue weighted by Gasteiger charge is 2.14. The summed E-state index contributed by atoms with van der Waals surface area (Å²) in [5, 5.41) is 7.82. The van der Waals surface area contributed by atoms with Crippen molar-refractivity contribution in [2.75, 3.05) is 37.1 Å². The highest BCUT2D eigenvalue weighted by molar-refractivity contribution is 6.27. The lowest BCUT2D eigenvalue weighted by molar-refractivity contribution is -0.119. The van der Waals surface area contributed by atoms with E-state index in [-0.39, 0.29) is 11.6 Å². The van der Waals surface area contributed by atoms with Gasteiger partial charge in [-0.2, -0.15) is 0 Å². The molecule has 1 aromatic heterocycles. The highest BCUT2D eigenvalue weighted by atomic mass is 35.5. The normalized spacial score (nSPS) is 14.8. The zero-order chi connectivity index (χ0) is 14.4. The minimum Gasteiger partial charge on any atom is -0.378 e. The van der Waals surface area contributed by atoms with Crippen LogP contribution < -0.4 is 15.8 Å². The van der Waals surface area contributed by atoms with Gasteiger partial charge >= 0.3 is 0 Å². The Morgan fingerprint density at radius 3 is 2.60 bits per heavy atom. The third-order valence-electron chi connectivity index (χ3n) is 2.66. The van der Waals surface area contributed by atoms with Gasteiger partial charge in [-0.15, -0.1) is 21.8 Å². The molecule has 1 aromatic rings. The molecule has 1 aliphatic rings. The Balaban J connectivity index is 1.93. The van der Waals surface area contributed by atoms with Crippen LogP contribution in [0.4, 0.5) is 5.82 Å². The van der Waals surface area contributed by atoms with Gasteiger partial charge in [0, 0.05) is 13.1 Å². The van der Waals surface area contributed by atoms with E-state index >= 15 is 0 Å². The summed E-state index contributed by atoms with van der Waals surface area (Å²) in [7, 11) is 0. The van der Waals surface area contributed by atoms with Crippen LogP contribution in [0.2, 0.25) is 0 Å². The maximum Gasteiger partial charge on any atom is 0.290 e. The Kier molecular flexibility index (Phi) is 5.08. The number of nitrogens with zero attached hydrogens (tertiary/aromatic N) is 3. The summed E-state index contributed by atoms with van der Waals surface area (Å²) in [5.41, 5.74) is 4.44. The van der Waals surface area contributed by atoms with Crippen LogP contribution in [0.1, 0.15) is 10.5 Å². The van der Waals surface area contributed by atoms with Crippen molar-refractivity contribution in [2.24, 2.45) is 0 Å². The number of aromatic nitrogens is 2. The maximum atomic E-state index is 11.6. The van der Waals surface area contributed by atoms with Gasteiger partial charge in [-0.3, -0.25) is 20.4 Å². The van der Waals surface area contributed by atoms with E-state index < -0.39 is 11.8 Å². The first kappa shape index (κ1) is 14.5. The van der Waals surface area contributed by atoms with Crippen LogP contribution in [-0.4, -0.2) is 54.2 Å². The van der Waals surface area contributed by atoms with E-state index in [1.807, 2.05) is 4.90 Å². The average Bonchev–Trinajstić information content (AvgIpc) is 2.53. The summed E-state index contributed by atoms with van der Waals surface area (Å²) in [6.07, 6.45) is 0. The van der Waals surface area contributed by atoms with Crippen LogP contribution in [0, 0.1) is 0 Å². The fourth-order valence-corrected chi connectivity index (χ4v) is 1.70. The molecule has 1 fully saturated rings. The van der Waals surface area contributed by atoms with Gasteiger partial charge in [0.2, 0.25) is 0 Å². The number of halogens is 1. The van der Waals surface area contributed by atoms with Gasteiger partial charge in [-0.25, -0.2) is 0 Å². The molecule has 0 aliphatic carbocycles. The molecule has 2 heterocycles. The highest BCUT2D eigenvalue weighted by Crippen LogP contribution is 2.11. The molecule has 0 unspecified atom stereocenters. The summed E-state index contributed by atoms with van der Waals surface area (Å²) in [6, 6.07) is 3.25. The molecular weight excluding hydrogens is 286 g/mol. The van der Waals surface area contributed by atoms with E-state index in [9.17, 15) is 9.59 Å². The quantitative estimate of drug-likeness (QED) is 0.567. The fraction of sp³-hybridized carbons (Fsp3) is 0.455. The summed E-state index contributed by atoms with van der Waals surface area (Å²) >= 11 is 5.28. The van der Waals surface area contributed by atoms with Crippen LogP contribution in [0.5, 0.6) is 0 Å². The molecule has 2 rings (SSSR count). The van der Waals surface area contributed by atoms with Crippen molar-refractivity contribution in [1.82, 2.24) is 21.0 Å². The second-order valence-electron chi connectivity index (χ2n) is 4.01. The lowest BCUT2D eigenvalue weighted by Crippen LogP contribution is -2.42. The monoisotopic (exact) mass is 299 g/mol. The molecule has 0 bridgehead atoms. The summed E-state index contributed by atoms with van der Waals surface area (Å²) < 4.78 is 5.24. The summed E-state index contributed by atoms with van der Waals surface area (Å²) in [6.45, 7) is 2.78. The van der Waals surface area contributed by atoms with E-state index in [0.717, 1.165) is 13.1 Å². The van der Waals surface area contributed by atoms with Crippen LogP contribution in [0.25, 0.3) is 0 Å². The number of hydrazine groups is 1. The van der Waals surface area contributed by atoms with Crippen LogP contribution in [0.15, 0.2) is 12.1 Å². The SMILES string of the molecule is O=C(CCl)NNC(=O)c1ccc(N2CCOCC2)nn1. The number of amides is 2. The first-order valence-electron chi connectivity index (χ1n) is 6.02. The van der Waals surface area contributed by atoms with E-state index in [0.29, 0.717) is 19.0 Å². The number of alkyl halides is 1. The third-order valence-corrected chi connectivity index (χ3v) is 2.90. The molecule has 1 saturated heterocycles. The number of hydrogen-bond acceptors (Lipinski definition) is 6. The van der Waals surface area contributed by atoms with Crippen molar-refractivity contribution < 1.29 is 14.3 Å². The van der Waals surface area contributed by atoms with Crippen molar-refractivity contribution in [3.05, 3.63) is 17.8 Å². The molecule has 0 aromatic carbocycles. The first-order valence-corrected chi connectivity index (χ1v) is 6.55. The molecule has 1 aliphatic heterocycles. The van der Waals surface area contributed by atoms with Gasteiger partial charge in [-0.05, 0) is 12.1 Å². The Hall–Kier alpha value is -1.93. The number of ether oxygens (including phenoxy) is 1. The molecule has 2 N–H and O–H groups in total. The van der Waals surface area contributed by atoms with E-state index in [1.54, 1.807) is 12.1 Å². The van der Waals surface area contributed by atoms with Crippen molar-refractivity contribution in [1.29, 1.82) is 0 Å². The Morgan fingerprint density at radius 1 is 1.25 bits per heavy atom. The number of carbonyl (C=O) groups is 2. The molecule has 20 heavy (non-hydrogen) atoms. The lowest BCUT2D eigenvalue weighted by Gasteiger charge is -2.27. The number of rotatable bonds is 3. The number of carbonyl (C=O) groups excluding carboxylic acids is 2. The van der Waals surface area contributed by atoms with Crippen LogP contribution in [-0.2, 0) is 9.53 Å². The molecule has 108 valence electrons. The van der Waals surface area contributed by atoms with Gasteiger partial charge in [0.1, 0.15) is 5.88 Å². The summed E-state index contributed by atoms with van der Waals surface area (Å²) in [5.74, 6) is -0.598. The summed E-state index contributed by atoms with van der Waals surface area (Å²) in [4.78, 5) is 24.6. The van der Waals surface area contributed by atoms with Gasteiger partial charge in [0.15, 0.2) is 11.5 Å². The zero-order valence-electron chi connectivity index (χ0n) is 10.6. The molecule has 8 nitrogen and oxygen atoms in total. The van der Waals surface area contributed by atoms with Gasteiger partial charge < -0.3 is 9.64 Å². The molecule has 0 saturated carbocycles. The number of morpholine rings is 1. The molecule has 2 amide bonds. The molecule has 0 atom stereocenters. The van der Waals surface area contributed by atoms with Crippen LogP contribution >= 0.6 is 11.6 Å².